The maximum atomic E-state index is 5.21. The van der Waals surface area contributed by atoms with Crippen LogP contribution in [0, 0.1) is 6.92 Å². The summed E-state index contributed by atoms with van der Waals surface area (Å²) in [6, 6.07) is 5.68. The number of fused-ring (bicyclic) bond motifs is 1. The van der Waals surface area contributed by atoms with Crippen LogP contribution in [0.5, 0.6) is 5.88 Å². The molecule has 1 aliphatic rings. The molecule has 1 fully saturated rings. The van der Waals surface area contributed by atoms with E-state index in [0.29, 0.717) is 11.8 Å². The standard InChI is InChI=1S/C16H20N6O2/c1-11-9-13(20-24-11)10-21-7-5-12(6-8-21)16-18-17-14-3-4-15(23-2)19-22(14)16/h3-4,9,12H,5-8,10H2,1-2H3. The maximum absolute atomic E-state index is 5.21. The molecule has 8 nitrogen and oxygen atoms in total. The Hall–Kier alpha value is -2.48. The zero-order valence-electron chi connectivity index (χ0n) is 13.8. The molecule has 0 spiro atoms. The van der Waals surface area contributed by atoms with Gasteiger partial charge in [0.25, 0.3) is 0 Å². The van der Waals surface area contributed by atoms with Crippen molar-refractivity contribution in [3.63, 3.8) is 0 Å². The third kappa shape index (κ3) is 2.84. The quantitative estimate of drug-likeness (QED) is 0.722. The minimum Gasteiger partial charge on any atom is -0.480 e. The van der Waals surface area contributed by atoms with E-state index in [4.69, 9.17) is 9.26 Å². The molecule has 4 heterocycles. The topological polar surface area (TPSA) is 81.6 Å². The smallest absolute Gasteiger partial charge is 0.231 e. The van der Waals surface area contributed by atoms with E-state index in [2.05, 4.69) is 25.4 Å². The van der Waals surface area contributed by atoms with Gasteiger partial charge in [0, 0.05) is 24.6 Å². The first-order valence-corrected chi connectivity index (χ1v) is 8.14. The second-order valence-corrected chi connectivity index (χ2v) is 6.18. The van der Waals surface area contributed by atoms with Crippen LogP contribution >= 0.6 is 0 Å². The lowest BCUT2D eigenvalue weighted by Gasteiger charge is -2.30. The molecule has 0 unspecified atom stereocenters. The number of rotatable bonds is 4. The molecule has 0 aromatic carbocycles. The molecule has 0 aliphatic carbocycles. The molecule has 4 rings (SSSR count). The summed E-state index contributed by atoms with van der Waals surface area (Å²) in [6.45, 7) is 4.74. The van der Waals surface area contributed by atoms with Crippen molar-refractivity contribution >= 4 is 5.65 Å². The zero-order valence-corrected chi connectivity index (χ0v) is 13.8. The van der Waals surface area contributed by atoms with Crippen molar-refractivity contribution in [3.05, 3.63) is 35.5 Å². The largest absolute Gasteiger partial charge is 0.480 e. The molecule has 8 heteroatoms. The Balaban J connectivity index is 1.45. The van der Waals surface area contributed by atoms with Crippen LogP contribution in [0.1, 0.15) is 36.0 Å². The molecule has 24 heavy (non-hydrogen) atoms. The lowest BCUT2D eigenvalue weighted by molar-refractivity contribution is 0.195. The number of likely N-dealkylation sites (tertiary alicyclic amines) is 1. The van der Waals surface area contributed by atoms with Gasteiger partial charge in [0.2, 0.25) is 5.88 Å². The van der Waals surface area contributed by atoms with Crippen LogP contribution in [0.3, 0.4) is 0 Å². The van der Waals surface area contributed by atoms with Crippen molar-refractivity contribution in [1.29, 1.82) is 0 Å². The number of hydrogen-bond acceptors (Lipinski definition) is 7. The van der Waals surface area contributed by atoms with Crippen LogP contribution in [0.25, 0.3) is 5.65 Å². The number of nitrogens with zero attached hydrogens (tertiary/aromatic N) is 6. The number of methoxy groups -OCH3 is 1. The van der Waals surface area contributed by atoms with Crippen LogP contribution in [0.15, 0.2) is 22.7 Å². The summed E-state index contributed by atoms with van der Waals surface area (Å²) >= 11 is 0. The fraction of sp³-hybridized carbons (Fsp3) is 0.500. The van der Waals surface area contributed by atoms with Gasteiger partial charge in [-0.2, -0.15) is 4.52 Å². The molecule has 0 saturated carbocycles. The van der Waals surface area contributed by atoms with Gasteiger partial charge < -0.3 is 9.26 Å². The number of piperidine rings is 1. The summed E-state index contributed by atoms with van der Waals surface area (Å²) in [4.78, 5) is 2.39. The second-order valence-electron chi connectivity index (χ2n) is 6.18. The van der Waals surface area contributed by atoms with Gasteiger partial charge in [-0.05, 0) is 38.9 Å². The van der Waals surface area contributed by atoms with Crippen molar-refractivity contribution in [1.82, 2.24) is 29.9 Å². The molecular weight excluding hydrogens is 308 g/mol. The molecule has 0 atom stereocenters. The van der Waals surface area contributed by atoms with E-state index in [1.165, 1.54) is 0 Å². The number of aromatic nitrogens is 5. The Labute approximate surface area is 139 Å². The molecule has 0 amide bonds. The fourth-order valence-electron chi connectivity index (χ4n) is 3.22. The Morgan fingerprint density at radius 2 is 2.08 bits per heavy atom. The molecule has 0 N–H and O–H groups in total. The van der Waals surface area contributed by atoms with Crippen LogP contribution in [-0.4, -0.2) is 50.1 Å². The highest BCUT2D eigenvalue weighted by Gasteiger charge is 2.25. The lowest BCUT2D eigenvalue weighted by Crippen LogP contribution is -2.33. The predicted octanol–water partition coefficient (Wildman–Crippen LogP) is 1.81. The highest BCUT2D eigenvalue weighted by atomic mass is 16.5. The summed E-state index contributed by atoms with van der Waals surface area (Å²) in [5.74, 6) is 2.70. The van der Waals surface area contributed by atoms with Crippen molar-refractivity contribution < 1.29 is 9.26 Å². The molecular formula is C16H20N6O2. The Kier molecular flexibility index (Phi) is 3.89. The molecule has 0 bridgehead atoms. The SMILES string of the molecule is COc1ccc2nnc(C3CCN(Cc4cc(C)on4)CC3)n2n1. The second kappa shape index (κ2) is 6.20. The average molecular weight is 328 g/mol. The third-order valence-electron chi connectivity index (χ3n) is 4.49. The summed E-state index contributed by atoms with van der Waals surface area (Å²) in [5, 5.41) is 17.1. The van der Waals surface area contributed by atoms with E-state index >= 15 is 0 Å². The molecule has 126 valence electrons. The first kappa shape index (κ1) is 15.1. The molecule has 0 radical (unpaired) electrons. The third-order valence-corrected chi connectivity index (χ3v) is 4.49. The van der Waals surface area contributed by atoms with E-state index in [-0.39, 0.29) is 0 Å². The number of hydrogen-bond donors (Lipinski definition) is 0. The van der Waals surface area contributed by atoms with E-state index < -0.39 is 0 Å². The molecule has 1 aliphatic heterocycles. The molecule has 3 aromatic rings. The van der Waals surface area contributed by atoms with Crippen LogP contribution in [0.2, 0.25) is 0 Å². The van der Waals surface area contributed by atoms with Crippen molar-refractivity contribution in [3.8, 4) is 5.88 Å². The van der Waals surface area contributed by atoms with Gasteiger partial charge in [-0.1, -0.05) is 5.16 Å². The van der Waals surface area contributed by atoms with Crippen molar-refractivity contribution in [2.75, 3.05) is 20.2 Å². The summed E-state index contributed by atoms with van der Waals surface area (Å²) < 4.78 is 12.2. The maximum Gasteiger partial charge on any atom is 0.231 e. The first-order chi connectivity index (χ1) is 11.7. The van der Waals surface area contributed by atoms with Crippen molar-refractivity contribution in [2.45, 2.75) is 32.2 Å². The van der Waals surface area contributed by atoms with Gasteiger partial charge in [0.05, 0.1) is 12.8 Å². The van der Waals surface area contributed by atoms with Gasteiger partial charge in [-0.15, -0.1) is 15.3 Å². The van der Waals surface area contributed by atoms with Crippen LogP contribution in [-0.2, 0) is 6.54 Å². The van der Waals surface area contributed by atoms with Gasteiger partial charge in [-0.3, -0.25) is 4.90 Å². The first-order valence-electron chi connectivity index (χ1n) is 8.14. The minimum absolute atomic E-state index is 0.356. The van der Waals surface area contributed by atoms with Gasteiger partial charge in [-0.25, -0.2) is 0 Å². The fourth-order valence-corrected chi connectivity index (χ4v) is 3.22. The van der Waals surface area contributed by atoms with Crippen LogP contribution < -0.4 is 4.74 Å². The van der Waals surface area contributed by atoms with E-state index in [0.717, 1.165) is 55.4 Å². The van der Waals surface area contributed by atoms with Crippen LogP contribution in [0.4, 0.5) is 0 Å². The van der Waals surface area contributed by atoms with Crippen molar-refractivity contribution in [2.24, 2.45) is 0 Å². The zero-order chi connectivity index (χ0) is 16.5. The Morgan fingerprint density at radius 1 is 1.25 bits per heavy atom. The van der Waals surface area contributed by atoms with E-state index in [9.17, 15) is 0 Å². The minimum atomic E-state index is 0.356. The van der Waals surface area contributed by atoms with E-state index in [1.807, 2.05) is 19.1 Å². The van der Waals surface area contributed by atoms with Gasteiger partial charge in [0.15, 0.2) is 11.5 Å². The highest BCUT2D eigenvalue weighted by Crippen LogP contribution is 2.27. The Bertz CT molecular complexity index is 834. The highest BCUT2D eigenvalue weighted by molar-refractivity contribution is 5.38. The summed E-state index contributed by atoms with van der Waals surface area (Å²) in [6.07, 6.45) is 2.05. The normalized spacial score (nSPS) is 16.8. The molecule has 1 saturated heterocycles. The van der Waals surface area contributed by atoms with E-state index in [1.54, 1.807) is 17.7 Å². The Morgan fingerprint density at radius 3 is 2.79 bits per heavy atom. The number of aryl methyl sites for hydroxylation is 1. The van der Waals surface area contributed by atoms with Gasteiger partial charge in [0.1, 0.15) is 5.76 Å². The summed E-state index contributed by atoms with van der Waals surface area (Å²) in [5.41, 5.74) is 1.75. The monoisotopic (exact) mass is 328 g/mol. The van der Waals surface area contributed by atoms with Gasteiger partial charge >= 0.3 is 0 Å². The lowest BCUT2D eigenvalue weighted by atomic mass is 9.96. The number of ether oxygens (including phenoxy) is 1. The average Bonchev–Trinajstić information content (AvgIpc) is 3.21. The summed E-state index contributed by atoms with van der Waals surface area (Å²) in [7, 11) is 1.61. The predicted molar refractivity (Wildman–Crippen MR) is 85.8 cm³/mol. The molecule has 3 aromatic heterocycles.